The molecule has 5 rings (SSSR count). The van der Waals surface area contributed by atoms with Crippen molar-refractivity contribution in [2.24, 2.45) is 0 Å². The van der Waals surface area contributed by atoms with Crippen molar-refractivity contribution in [3.05, 3.63) is 40.7 Å². The molecule has 0 unspecified atom stereocenters. The van der Waals surface area contributed by atoms with Crippen LogP contribution in [0.15, 0.2) is 18.2 Å². The van der Waals surface area contributed by atoms with Gasteiger partial charge in [0.25, 0.3) is 5.91 Å². The maximum atomic E-state index is 12.9. The van der Waals surface area contributed by atoms with Crippen molar-refractivity contribution in [1.29, 1.82) is 0 Å². The molecule has 0 atom stereocenters. The molecule has 0 radical (unpaired) electrons. The second kappa shape index (κ2) is 8.24. The van der Waals surface area contributed by atoms with Crippen LogP contribution in [0.1, 0.15) is 59.4 Å². The number of nitrogens with one attached hydrogen (secondary N) is 3. The molecule has 0 saturated heterocycles. The second-order valence-electron chi connectivity index (χ2n) is 8.05. The Morgan fingerprint density at radius 3 is 2.86 bits per heavy atom. The minimum absolute atomic E-state index is 0. The van der Waals surface area contributed by atoms with Crippen LogP contribution in [0.25, 0.3) is 0 Å². The van der Waals surface area contributed by atoms with Crippen LogP contribution < -0.4 is 20.1 Å². The number of amides is 1. The monoisotopic (exact) mass is 418 g/mol. The van der Waals surface area contributed by atoms with E-state index in [-0.39, 0.29) is 30.5 Å². The SMILES string of the molecule is Cl.O=C(NCC1(c2ccc3c(c2)OCO3)CCCCC1)c1n[nH]c2c1CNCC2. The van der Waals surface area contributed by atoms with E-state index in [9.17, 15) is 4.79 Å². The van der Waals surface area contributed by atoms with Gasteiger partial charge in [-0.15, -0.1) is 12.4 Å². The van der Waals surface area contributed by atoms with Crippen LogP contribution in [0.5, 0.6) is 11.5 Å². The first-order valence-corrected chi connectivity index (χ1v) is 10.2. The molecule has 0 spiro atoms. The molecule has 1 fully saturated rings. The largest absolute Gasteiger partial charge is 0.454 e. The molecule has 1 aliphatic carbocycles. The van der Waals surface area contributed by atoms with Crippen molar-refractivity contribution in [2.45, 2.75) is 50.5 Å². The zero-order valence-electron chi connectivity index (χ0n) is 16.4. The van der Waals surface area contributed by atoms with Gasteiger partial charge >= 0.3 is 0 Å². The van der Waals surface area contributed by atoms with Gasteiger partial charge in [-0.2, -0.15) is 5.10 Å². The molecule has 8 heteroatoms. The summed E-state index contributed by atoms with van der Waals surface area (Å²) >= 11 is 0. The van der Waals surface area contributed by atoms with E-state index >= 15 is 0 Å². The summed E-state index contributed by atoms with van der Waals surface area (Å²) < 4.78 is 11.1. The number of benzene rings is 1. The number of fused-ring (bicyclic) bond motifs is 2. The van der Waals surface area contributed by atoms with Gasteiger partial charge in [-0.25, -0.2) is 0 Å². The van der Waals surface area contributed by atoms with Crippen LogP contribution in [0, 0.1) is 0 Å². The molecule has 7 nitrogen and oxygen atoms in total. The Morgan fingerprint density at radius 2 is 2.00 bits per heavy atom. The number of nitrogens with zero attached hydrogens (tertiary/aromatic N) is 1. The molecule has 2 aliphatic heterocycles. The van der Waals surface area contributed by atoms with Crippen LogP contribution in [0.2, 0.25) is 0 Å². The molecule has 156 valence electrons. The predicted octanol–water partition coefficient (Wildman–Crippen LogP) is 2.84. The van der Waals surface area contributed by atoms with Crippen molar-refractivity contribution < 1.29 is 14.3 Å². The van der Waals surface area contributed by atoms with Gasteiger partial charge in [0, 0.05) is 42.7 Å². The summed E-state index contributed by atoms with van der Waals surface area (Å²) in [5.74, 6) is 1.52. The first kappa shape index (κ1) is 20.0. The number of carbonyl (C=O) groups excluding carboxylic acids is 1. The van der Waals surface area contributed by atoms with E-state index in [0.29, 0.717) is 18.8 Å². The molecule has 3 heterocycles. The first-order valence-electron chi connectivity index (χ1n) is 10.2. The number of halogens is 1. The van der Waals surface area contributed by atoms with Gasteiger partial charge in [-0.05, 0) is 30.5 Å². The van der Waals surface area contributed by atoms with E-state index in [1.807, 2.05) is 6.07 Å². The molecule has 2 aromatic rings. The molecule has 0 bridgehead atoms. The molecule has 1 aromatic carbocycles. The smallest absolute Gasteiger partial charge is 0.272 e. The highest BCUT2D eigenvalue weighted by Crippen LogP contribution is 2.43. The normalized spacial score (nSPS) is 19.2. The summed E-state index contributed by atoms with van der Waals surface area (Å²) in [5, 5.41) is 13.8. The summed E-state index contributed by atoms with van der Waals surface area (Å²) in [6.07, 6.45) is 6.61. The fourth-order valence-corrected chi connectivity index (χ4v) is 4.77. The van der Waals surface area contributed by atoms with Gasteiger partial charge in [-0.3, -0.25) is 9.89 Å². The van der Waals surface area contributed by atoms with Crippen molar-refractivity contribution >= 4 is 18.3 Å². The van der Waals surface area contributed by atoms with Crippen LogP contribution in [-0.2, 0) is 18.4 Å². The van der Waals surface area contributed by atoms with E-state index in [2.05, 4.69) is 33.0 Å². The average Bonchev–Trinajstić information content (AvgIpc) is 3.39. The van der Waals surface area contributed by atoms with E-state index in [1.165, 1.54) is 24.8 Å². The standard InChI is InChI=1S/C21H26N4O3.ClH/c26-20(19-15-11-22-9-6-16(15)24-25-19)23-12-21(7-2-1-3-8-21)14-4-5-17-18(10-14)28-13-27-17;/h4-5,10,22H,1-3,6-9,11-13H2,(H,23,26)(H,24,25);1H. The fraction of sp³-hybridized carbons (Fsp3) is 0.524. The van der Waals surface area contributed by atoms with Gasteiger partial charge in [0.1, 0.15) is 0 Å². The third-order valence-electron chi connectivity index (χ3n) is 6.40. The minimum Gasteiger partial charge on any atom is -0.454 e. The van der Waals surface area contributed by atoms with E-state index in [0.717, 1.165) is 48.6 Å². The first-order chi connectivity index (χ1) is 13.8. The molecule has 3 aliphatic rings. The van der Waals surface area contributed by atoms with E-state index in [1.54, 1.807) is 0 Å². The van der Waals surface area contributed by atoms with Gasteiger partial charge in [0.15, 0.2) is 17.2 Å². The maximum Gasteiger partial charge on any atom is 0.272 e. The summed E-state index contributed by atoms with van der Waals surface area (Å²) in [6, 6.07) is 6.22. The third kappa shape index (κ3) is 3.69. The topological polar surface area (TPSA) is 88.3 Å². The number of carbonyl (C=O) groups is 1. The van der Waals surface area contributed by atoms with Crippen LogP contribution in [0.4, 0.5) is 0 Å². The number of ether oxygens (including phenoxy) is 2. The molecule has 1 amide bonds. The highest BCUT2D eigenvalue weighted by atomic mass is 35.5. The Hall–Kier alpha value is -2.25. The minimum atomic E-state index is -0.0908. The number of hydrogen-bond donors (Lipinski definition) is 3. The molecular formula is C21H27ClN4O3. The Labute approximate surface area is 176 Å². The fourth-order valence-electron chi connectivity index (χ4n) is 4.77. The zero-order valence-corrected chi connectivity index (χ0v) is 17.2. The molecule has 3 N–H and O–H groups in total. The molecule has 1 aromatic heterocycles. The number of rotatable bonds is 4. The van der Waals surface area contributed by atoms with Crippen molar-refractivity contribution in [3.8, 4) is 11.5 Å². The van der Waals surface area contributed by atoms with E-state index in [4.69, 9.17) is 9.47 Å². The summed E-state index contributed by atoms with van der Waals surface area (Å²) in [6.45, 7) is 2.51. The highest BCUT2D eigenvalue weighted by Gasteiger charge is 2.36. The van der Waals surface area contributed by atoms with Crippen LogP contribution >= 0.6 is 12.4 Å². The zero-order chi connectivity index (χ0) is 19.0. The van der Waals surface area contributed by atoms with Gasteiger partial charge in [0.2, 0.25) is 6.79 Å². The highest BCUT2D eigenvalue weighted by molar-refractivity contribution is 5.94. The van der Waals surface area contributed by atoms with Gasteiger partial charge in [-0.1, -0.05) is 25.3 Å². The lowest BCUT2D eigenvalue weighted by Crippen LogP contribution is -2.42. The lowest BCUT2D eigenvalue weighted by Gasteiger charge is -2.38. The Bertz CT molecular complexity index is 892. The average molecular weight is 419 g/mol. The molecular weight excluding hydrogens is 392 g/mol. The number of aromatic nitrogens is 2. The van der Waals surface area contributed by atoms with Crippen LogP contribution in [-0.4, -0.2) is 36.0 Å². The van der Waals surface area contributed by atoms with Crippen LogP contribution in [0.3, 0.4) is 0 Å². The Balaban J connectivity index is 0.00000205. The molecule has 1 saturated carbocycles. The quantitative estimate of drug-likeness (QED) is 0.710. The number of aromatic amines is 1. The van der Waals surface area contributed by atoms with Crippen molar-refractivity contribution in [2.75, 3.05) is 19.9 Å². The van der Waals surface area contributed by atoms with Gasteiger partial charge < -0.3 is 20.1 Å². The number of H-pyrrole nitrogens is 1. The lowest BCUT2D eigenvalue weighted by atomic mass is 9.69. The predicted molar refractivity (Wildman–Crippen MR) is 111 cm³/mol. The van der Waals surface area contributed by atoms with Crippen molar-refractivity contribution in [1.82, 2.24) is 20.8 Å². The summed E-state index contributed by atoms with van der Waals surface area (Å²) in [5.41, 5.74) is 3.77. The summed E-state index contributed by atoms with van der Waals surface area (Å²) in [7, 11) is 0. The number of hydrogen-bond acceptors (Lipinski definition) is 5. The van der Waals surface area contributed by atoms with E-state index < -0.39 is 0 Å². The van der Waals surface area contributed by atoms with Crippen molar-refractivity contribution in [3.63, 3.8) is 0 Å². The Morgan fingerprint density at radius 1 is 1.17 bits per heavy atom. The maximum absolute atomic E-state index is 12.9. The summed E-state index contributed by atoms with van der Waals surface area (Å²) in [4.78, 5) is 12.9. The Kier molecular flexibility index (Phi) is 5.69. The molecule has 29 heavy (non-hydrogen) atoms. The lowest BCUT2D eigenvalue weighted by molar-refractivity contribution is 0.0930. The second-order valence-corrected chi connectivity index (χ2v) is 8.05. The van der Waals surface area contributed by atoms with Gasteiger partial charge in [0.05, 0.1) is 0 Å². The third-order valence-corrected chi connectivity index (χ3v) is 6.40.